The summed E-state index contributed by atoms with van der Waals surface area (Å²) >= 11 is 0. The molecule has 8 nitrogen and oxygen atoms in total. The number of nitrogens with zero attached hydrogens (tertiary/aromatic N) is 4. The van der Waals surface area contributed by atoms with Gasteiger partial charge in [-0.1, -0.05) is 18.7 Å². The number of anilines is 2. The lowest BCUT2D eigenvalue weighted by atomic mass is 9.93. The van der Waals surface area contributed by atoms with E-state index in [1.807, 2.05) is 44.2 Å². The maximum atomic E-state index is 6.26. The summed E-state index contributed by atoms with van der Waals surface area (Å²) < 4.78 is 17.4. The Balaban J connectivity index is 1.27. The summed E-state index contributed by atoms with van der Waals surface area (Å²) in [6.07, 6.45) is -0.193. The molecule has 2 N–H and O–H groups in total. The second-order valence-electron chi connectivity index (χ2n) is 8.08. The third-order valence-electron chi connectivity index (χ3n) is 6.08. The Bertz CT molecular complexity index is 1180. The first kappa shape index (κ1) is 20.3. The van der Waals surface area contributed by atoms with E-state index >= 15 is 0 Å². The average molecular weight is 431 g/mol. The van der Waals surface area contributed by atoms with E-state index < -0.39 is 0 Å². The Hall–Kier alpha value is -3.62. The standard InChI is InChI=1S/C23H26BN5O3/c1-14(21-13-31-18-5-3-4-6-19(18)32-21)28-7-9-29(10-8-28)23-26-17-12-16(24)20(30-2)11-15(17)22(25)27-23/h3-6,11-12,21H,1,7-10,13,24H2,2H3,(H2,25,26,27). The van der Waals surface area contributed by atoms with Crippen molar-refractivity contribution in [2.24, 2.45) is 0 Å². The van der Waals surface area contributed by atoms with Crippen LogP contribution in [0, 0.1) is 0 Å². The van der Waals surface area contributed by atoms with Gasteiger partial charge in [0.1, 0.15) is 26.0 Å². The van der Waals surface area contributed by atoms with Gasteiger partial charge >= 0.3 is 0 Å². The monoisotopic (exact) mass is 431 g/mol. The lowest BCUT2D eigenvalue weighted by Gasteiger charge is -2.40. The topological polar surface area (TPSA) is 86.0 Å². The number of rotatable bonds is 4. The predicted octanol–water partition coefficient (Wildman–Crippen LogP) is 0.955. The quantitative estimate of drug-likeness (QED) is 0.612. The summed E-state index contributed by atoms with van der Waals surface area (Å²) in [6, 6.07) is 11.6. The van der Waals surface area contributed by atoms with Gasteiger partial charge in [0.15, 0.2) is 17.6 Å². The summed E-state index contributed by atoms with van der Waals surface area (Å²) in [5.41, 5.74) is 9.03. The molecule has 1 atom stereocenters. The number of nitrogen functional groups attached to an aromatic ring is 1. The molecule has 3 aromatic rings. The van der Waals surface area contributed by atoms with E-state index in [9.17, 15) is 0 Å². The number of hydrogen-bond donors (Lipinski definition) is 1. The number of para-hydroxylation sites is 2. The number of nitrogens with two attached hydrogens (primary N) is 1. The number of hydrogen-bond acceptors (Lipinski definition) is 8. The summed E-state index contributed by atoms with van der Waals surface area (Å²) in [4.78, 5) is 13.7. The van der Waals surface area contributed by atoms with Gasteiger partial charge in [0, 0.05) is 31.6 Å². The molecule has 0 bridgehead atoms. The molecule has 2 aromatic carbocycles. The highest BCUT2D eigenvalue weighted by atomic mass is 16.6. The van der Waals surface area contributed by atoms with E-state index in [4.69, 9.17) is 24.9 Å². The summed E-state index contributed by atoms with van der Waals surface area (Å²) in [6.45, 7) is 7.88. The zero-order valence-electron chi connectivity index (χ0n) is 18.4. The normalized spacial score (nSPS) is 18.0. The second-order valence-corrected chi connectivity index (χ2v) is 8.08. The lowest BCUT2D eigenvalue weighted by molar-refractivity contribution is 0.0902. The van der Waals surface area contributed by atoms with Crippen LogP contribution in [0.1, 0.15) is 0 Å². The molecule has 164 valence electrons. The molecular weight excluding hydrogens is 405 g/mol. The van der Waals surface area contributed by atoms with Crippen LogP contribution in [-0.4, -0.2) is 68.7 Å². The smallest absolute Gasteiger partial charge is 0.228 e. The van der Waals surface area contributed by atoms with Gasteiger partial charge < -0.3 is 29.7 Å². The van der Waals surface area contributed by atoms with Crippen molar-refractivity contribution in [2.75, 3.05) is 50.5 Å². The number of methoxy groups -OCH3 is 1. The van der Waals surface area contributed by atoms with Gasteiger partial charge in [-0.05, 0) is 29.7 Å². The van der Waals surface area contributed by atoms with Crippen molar-refractivity contribution in [1.82, 2.24) is 14.9 Å². The molecule has 32 heavy (non-hydrogen) atoms. The fourth-order valence-corrected chi connectivity index (χ4v) is 4.21. The fraction of sp³-hybridized carbons (Fsp3) is 0.304. The van der Waals surface area contributed by atoms with Gasteiger partial charge in [-0.3, -0.25) is 0 Å². The minimum atomic E-state index is -0.193. The summed E-state index contributed by atoms with van der Waals surface area (Å²) in [7, 11) is 3.65. The zero-order valence-corrected chi connectivity index (χ0v) is 18.4. The number of aromatic nitrogens is 2. The number of ether oxygens (including phenoxy) is 3. The van der Waals surface area contributed by atoms with Crippen molar-refractivity contribution in [2.45, 2.75) is 6.10 Å². The second kappa shape index (κ2) is 8.14. The van der Waals surface area contributed by atoms with Crippen molar-refractivity contribution in [3.63, 3.8) is 0 Å². The molecular formula is C23H26BN5O3. The third-order valence-corrected chi connectivity index (χ3v) is 6.08. The Kier molecular flexibility index (Phi) is 5.17. The van der Waals surface area contributed by atoms with Crippen molar-refractivity contribution in [1.29, 1.82) is 0 Å². The molecule has 1 saturated heterocycles. The van der Waals surface area contributed by atoms with Crippen molar-refractivity contribution in [3.05, 3.63) is 48.7 Å². The van der Waals surface area contributed by atoms with Crippen LogP contribution in [0.3, 0.4) is 0 Å². The molecule has 0 amide bonds. The number of fused-ring (bicyclic) bond motifs is 2. The highest BCUT2D eigenvalue weighted by Crippen LogP contribution is 2.33. The van der Waals surface area contributed by atoms with Crippen LogP contribution in [0.5, 0.6) is 17.2 Å². The largest absolute Gasteiger partial charge is 0.497 e. The van der Waals surface area contributed by atoms with Crippen LogP contribution < -0.4 is 30.3 Å². The van der Waals surface area contributed by atoms with E-state index in [0.717, 1.165) is 65.5 Å². The molecule has 3 heterocycles. The van der Waals surface area contributed by atoms with Crippen LogP contribution >= 0.6 is 0 Å². The Morgan fingerprint density at radius 2 is 1.91 bits per heavy atom. The van der Waals surface area contributed by atoms with Crippen molar-refractivity contribution < 1.29 is 14.2 Å². The number of piperazine rings is 1. The van der Waals surface area contributed by atoms with E-state index in [-0.39, 0.29) is 6.10 Å². The van der Waals surface area contributed by atoms with Crippen LogP contribution in [0.25, 0.3) is 10.9 Å². The highest BCUT2D eigenvalue weighted by molar-refractivity contribution is 6.35. The van der Waals surface area contributed by atoms with Crippen LogP contribution in [-0.2, 0) is 0 Å². The Morgan fingerprint density at radius 1 is 1.16 bits per heavy atom. The van der Waals surface area contributed by atoms with Crippen molar-refractivity contribution >= 4 is 36.0 Å². The van der Waals surface area contributed by atoms with Gasteiger partial charge in [0.25, 0.3) is 0 Å². The minimum absolute atomic E-state index is 0.193. The van der Waals surface area contributed by atoms with E-state index in [1.54, 1.807) is 7.11 Å². The van der Waals surface area contributed by atoms with Crippen LogP contribution in [0.15, 0.2) is 48.7 Å². The van der Waals surface area contributed by atoms with E-state index in [2.05, 4.69) is 21.4 Å². The first-order chi connectivity index (χ1) is 15.5. The van der Waals surface area contributed by atoms with E-state index in [0.29, 0.717) is 18.4 Å². The molecule has 0 spiro atoms. The molecule has 0 saturated carbocycles. The van der Waals surface area contributed by atoms with Gasteiger partial charge in [-0.15, -0.1) is 0 Å². The van der Waals surface area contributed by atoms with Crippen LogP contribution in [0.4, 0.5) is 11.8 Å². The first-order valence-electron chi connectivity index (χ1n) is 10.7. The maximum absolute atomic E-state index is 6.26. The molecule has 1 unspecified atom stereocenters. The molecule has 0 radical (unpaired) electrons. The zero-order chi connectivity index (χ0) is 22.2. The van der Waals surface area contributed by atoms with Gasteiger partial charge in [-0.25, -0.2) is 4.98 Å². The SMILES string of the molecule is Bc1cc2nc(N3CCN(C(=C)C4COc5ccccc5O4)CC3)nc(N)c2cc1OC. The average Bonchev–Trinajstić information content (AvgIpc) is 2.83. The van der Waals surface area contributed by atoms with Gasteiger partial charge in [0.05, 0.1) is 18.3 Å². The van der Waals surface area contributed by atoms with Gasteiger partial charge in [-0.2, -0.15) is 4.98 Å². The van der Waals surface area contributed by atoms with E-state index in [1.165, 1.54) is 0 Å². The molecule has 1 fully saturated rings. The molecule has 2 aliphatic rings. The Labute approximate surface area is 188 Å². The molecule has 1 aromatic heterocycles. The van der Waals surface area contributed by atoms with Crippen molar-refractivity contribution in [3.8, 4) is 17.2 Å². The summed E-state index contributed by atoms with van der Waals surface area (Å²) in [5, 5.41) is 0.804. The predicted molar refractivity (Wildman–Crippen MR) is 128 cm³/mol. The maximum Gasteiger partial charge on any atom is 0.228 e. The minimum Gasteiger partial charge on any atom is -0.497 e. The molecule has 5 rings (SSSR count). The third kappa shape index (κ3) is 3.64. The van der Waals surface area contributed by atoms with Gasteiger partial charge in [0.2, 0.25) is 5.95 Å². The lowest BCUT2D eigenvalue weighted by Crippen LogP contribution is -2.49. The highest BCUT2D eigenvalue weighted by Gasteiger charge is 2.29. The van der Waals surface area contributed by atoms with Crippen LogP contribution in [0.2, 0.25) is 0 Å². The molecule has 2 aliphatic heterocycles. The molecule has 9 heteroatoms. The number of benzene rings is 2. The summed E-state index contributed by atoms with van der Waals surface area (Å²) in [5.74, 6) is 3.43. The Morgan fingerprint density at radius 3 is 2.66 bits per heavy atom. The fourth-order valence-electron chi connectivity index (χ4n) is 4.21. The first-order valence-corrected chi connectivity index (χ1v) is 10.7. The molecule has 0 aliphatic carbocycles.